The second-order valence-corrected chi connectivity index (χ2v) is 5.81. The van der Waals surface area contributed by atoms with E-state index in [1.165, 1.54) is 0 Å². The molecule has 0 aromatic rings. The van der Waals surface area contributed by atoms with Gasteiger partial charge in [0.05, 0.1) is 0 Å². The topological polar surface area (TPSA) is 95.8 Å². The molecular weight excluding hydrogens is 560 g/mol. The van der Waals surface area contributed by atoms with Crippen LogP contribution in [0.2, 0.25) is 0 Å². The van der Waals surface area contributed by atoms with E-state index in [0.717, 1.165) is 7.11 Å². The van der Waals surface area contributed by atoms with Gasteiger partial charge in [-0.2, -0.15) is 35.1 Å². The molecule has 0 aliphatic carbocycles. The van der Waals surface area contributed by atoms with E-state index in [2.05, 4.69) is 28.4 Å². The van der Waals surface area contributed by atoms with E-state index in [1.54, 1.807) is 0 Å². The summed E-state index contributed by atoms with van der Waals surface area (Å²) >= 11 is 0. The third-order valence-electron chi connectivity index (χ3n) is 2.99. The minimum Gasteiger partial charge on any atom is -0.429 e. The molecule has 2 atom stereocenters. The number of rotatable bonds is 13. The van der Waals surface area contributed by atoms with Gasteiger partial charge in [-0.05, 0) is 0 Å². The summed E-state index contributed by atoms with van der Waals surface area (Å²) in [7, 11) is 1.02. The number of halogens is 12. The molecule has 2 N–H and O–H groups in total. The van der Waals surface area contributed by atoms with Crippen LogP contribution in [0, 0.1) is 0 Å². The van der Waals surface area contributed by atoms with Crippen molar-refractivity contribution in [1.82, 2.24) is 0 Å². The van der Waals surface area contributed by atoms with E-state index >= 15 is 0 Å². The lowest BCUT2D eigenvalue weighted by atomic mass is 10.2. The monoisotopic (exact) mass is 586 g/mol. The Hall–Kier alpha value is -2.00. The Morgan fingerprint density at radius 2 is 0.973 bits per heavy atom. The normalized spacial score (nSPS) is 14.2. The first-order valence-corrected chi connectivity index (χ1v) is 8.56. The van der Waals surface area contributed by atoms with Crippen molar-refractivity contribution in [2.45, 2.75) is 51.9 Å². The van der Waals surface area contributed by atoms with Gasteiger partial charge in [0.15, 0.2) is 13.6 Å². The molecule has 0 saturated carbocycles. The summed E-state index contributed by atoms with van der Waals surface area (Å²) in [5.74, 6) is -11.2. The number of alkyl halides is 6. The average molecular weight is 586 g/mol. The van der Waals surface area contributed by atoms with Crippen molar-refractivity contribution in [2.24, 2.45) is 0 Å². The fourth-order valence-corrected chi connectivity index (χ4v) is 0.965. The minimum atomic E-state index is -4.45. The molecule has 0 aromatic carbocycles. The standard InChI is InChI=1S/C10H16F6O4.C5H2F6O2.CH4O2.CH4/c1-7(11,12)8(2,13)18-6-19-9(3,14)10(15,16)20-5-17-4;6-2(7)4(10)12-1-13-5(11)3(8)9;2-1-3;/h5-6H2,1-4H3;1H2;2-3H,1H2;1H4. The van der Waals surface area contributed by atoms with Crippen LogP contribution in [0.3, 0.4) is 0 Å². The number of hydrogen-bond donors (Lipinski definition) is 2. The molecule has 0 radical (unpaired) electrons. The van der Waals surface area contributed by atoms with E-state index in [1.807, 2.05) is 0 Å². The number of methoxy groups -OCH3 is 1. The van der Waals surface area contributed by atoms with E-state index in [-0.39, 0.29) is 21.3 Å². The van der Waals surface area contributed by atoms with E-state index in [0.29, 0.717) is 6.92 Å². The Kier molecular flexibility index (Phi) is 21.8. The molecule has 0 rings (SSSR count). The Labute approximate surface area is 202 Å². The second kappa shape index (κ2) is 19.1. The molecule has 0 aliphatic rings. The van der Waals surface area contributed by atoms with Crippen molar-refractivity contribution in [2.75, 3.05) is 34.3 Å². The molecular formula is C17H26F12O8. The first-order valence-electron chi connectivity index (χ1n) is 8.56. The van der Waals surface area contributed by atoms with Gasteiger partial charge in [0.2, 0.25) is 6.79 Å². The van der Waals surface area contributed by atoms with Crippen LogP contribution in [-0.2, 0) is 28.4 Å². The van der Waals surface area contributed by atoms with Gasteiger partial charge in [-0.1, -0.05) is 7.43 Å². The molecule has 0 heterocycles. The van der Waals surface area contributed by atoms with Crippen molar-refractivity contribution < 1.29 is 91.3 Å². The largest absolute Gasteiger partial charge is 0.429 e. The third kappa shape index (κ3) is 18.8. The van der Waals surface area contributed by atoms with Gasteiger partial charge in [0, 0.05) is 27.9 Å². The van der Waals surface area contributed by atoms with Gasteiger partial charge in [0.25, 0.3) is 11.7 Å². The highest BCUT2D eigenvalue weighted by Crippen LogP contribution is 2.36. The molecule has 2 unspecified atom stereocenters. The summed E-state index contributed by atoms with van der Waals surface area (Å²) in [6.07, 6.45) is -10.0. The van der Waals surface area contributed by atoms with Crippen LogP contribution in [0.15, 0.2) is 24.2 Å². The summed E-state index contributed by atoms with van der Waals surface area (Å²) in [4.78, 5) is 0. The molecule has 20 heteroatoms. The zero-order chi connectivity index (χ0) is 29.4. The Balaban J connectivity index is -0.000000277. The summed E-state index contributed by atoms with van der Waals surface area (Å²) in [5.41, 5.74) is 0. The van der Waals surface area contributed by atoms with Gasteiger partial charge in [0.1, 0.15) is 6.79 Å². The first kappa shape index (κ1) is 42.1. The van der Waals surface area contributed by atoms with E-state index in [9.17, 15) is 52.7 Å². The first-order chi connectivity index (χ1) is 16.1. The van der Waals surface area contributed by atoms with Crippen molar-refractivity contribution in [1.29, 1.82) is 0 Å². The van der Waals surface area contributed by atoms with Crippen molar-refractivity contribution in [3.63, 3.8) is 0 Å². The third-order valence-corrected chi connectivity index (χ3v) is 2.99. The maximum absolute atomic E-state index is 13.5. The van der Waals surface area contributed by atoms with Crippen LogP contribution in [0.4, 0.5) is 52.7 Å². The Morgan fingerprint density at radius 3 is 1.27 bits per heavy atom. The maximum atomic E-state index is 13.5. The summed E-state index contributed by atoms with van der Waals surface area (Å²) in [6, 6.07) is -4.63. The maximum Gasteiger partial charge on any atom is 0.416 e. The van der Waals surface area contributed by atoms with Crippen LogP contribution < -0.4 is 0 Å². The SMILES string of the molecule is C.COCOC(F)(F)C(C)(F)OCOC(C)(F)C(C)(F)F.FC(F)=C(F)OCOC(F)=C(F)F.OCO. The van der Waals surface area contributed by atoms with Crippen LogP contribution >= 0.6 is 0 Å². The van der Waals surface area contributed by atoms with Gasteiger partial charge >= 0.3 is 36.2 Å². The summed E-state index contributed by atoms with van der Waals surface area (Å²) in [5, 5.41) is 14.2. The highest BCUT2D eigenvalue weighted by Gasteiger charge is 2.55. The van der Waals surface area contributed by atoms with Crippen LogP contribution in [0.25, 0.3) is 0 Å². The van der Waals surface area contributed by atoms with Crippen LogP contribution in [0.1, 0.15) is 28.2 Å². The van der Waals surface area contributed by atoms with Gasteiger partial charge in [-0.3, -0.25) is 4.74 Å². The van der Waals surface area contributed by atoms with Crippen molar-refractivity contribution in [3.05, 3.63) is 24.2 Å². The zero-order valence-electron chi connectivity index (χ0n) is 18.7. The fourth-order valence-electron chi connectivity index (χ4n) is 0.965. The van der Waals surface area contributed by atoms with Crippen molar-refractivity contribution >= 4 is 0 Å². The highest BCUT2D eigenvalue weighted by atomic mass is 19.3. The fraction of sp³-hybridized carbons (Fsp3) is 0.765. The Morgan fingerprint density at radius 1 is 0.622 bits per heavy atom. The predicted molar refractivity (Wildman–Crippen MR) is 98.4 cm³/mol. The molecule has 0 spiro atoms. The van der Waals surface area contributed by atoms with E-state index < -0.39 is 75.1 Å². The van der Waals surface area contributed by atoms with Gasteiger partial charge in [-0.25, -0.2) is 17.6 Å². The molecule has 0 amide bonds. The quantitative estimate of drug-likeness (QED) is 0.158. The van der Waals surface area contributed by atoms with Crippen molar-refractivity contribution in [3.8, 4) is 0 Å². The number of aliphatic hydroxyl groups excluding tert-OH is 1. The minimum absolute atomic E-state index is 0. The Bertz CT molecular complexity index is 637. The predicted octanol–water partition coefficient (Wildman–Crippen LogP) is 5.83. The van der Waals surface area contributed by atoms with Gasteiger partial charge in [-0.15, -0.1) is 0 Å². The molecule has 0 saturated heterocycles. The molecule has 0 aliphatic heterocycles. The van der Waals surface area contributed by atoms with E-state index in [4.69, 9.17) is 10.2 Å². The highest BCUT2D eigenvalue weighted by molar-refractivity contribution is 4.82. The lowest BCUT2D eigenvalue weighted by molar-refractivity contribution is -0.411. The molecule has 37 heavy (non-hydrogen) atoms. The lowest BCUT2D eigenvalue weighted by Gasteiger charge is -2.31. The number of aliphatic hydroxyl groups is 2. The van der Waals surface area contributed by atoms with Gasteiger partial charge < -0.3 is 33.9 Å². The smallest absolute Gasteiger partial charge is 0.416 e. The zero-order valence-corrected chi connectivity index (χ0v) is 18.7. The molecule has 8 nitrogen and oxygen atoms in total. The van der Waals surface area contributed by atoms with Crippen LogP contribution in [0.5, 0.6) is 0 Å². The summed E-state index contributed by atoms with van der Waals surface area (Å²) < 4.78 is 169. The van der Waals surface area contributed by atoms with Crippen LogP contribution in [-0.4, -0.2) is 68.2 Å². The molecule has 0 bridgehead atoms. The molecule has 0 aromatic heterocycles. The molecule has 226 valence electrons. The second-order valence-electron chi connectivity index (χ2n) is 5.81. The summed E-state index contributed by atoms with van der Waals surface area (Å²) in [6.45, 7) is -3.75. The lowest BCUT2D eigenvalue weighted by Crippen LogP contribution is -2.48. The number of ether oxygens (including phenoxy) is 6. The molecule has 0 fully saturated rings. The number of hydrogen-bond acceptors (Lipinski definition) is 8. The average Bonchev–Trinajstić information content (AvgIpc) is 2.71.